The zero-order valence-corrected chi connectivity index (χ0v) is 11.4. The van der Waals surface area contributed by atoms with E-state index in [1.54, 1.807) is 24.0 Å². The lowest BCUT2D eigenvalue weighted by Crippen LogP contribution is -2.45. The molecule has 2 rings (SSSR count). The van der Waals surface area contributed by atoms with Crippen LogP contribution in [0.1, 0.15) is 19.8 Å². The van der Waals surface area contributed by atoms with E-state index in [9.17, 15) is 4.79 Å². The highest BCUT2D eigenvalue weighted by Gasteiger charge is 2.25. The molecule has 0 aliphatic carbocycles. The molecule has 0 aromatic carbocycles. The van der Waals surface area contributed by atoms with Gasteiger partial charge in [-0.1, -0.05) is 0 Å². The van der Waals surface area contributed by atoms with Gasteiger partial charge in [0.05, 0.1) is 0 Å². The predicted molar refractivity (Wildman–Crippen MR) is 72.9 cm³/mol. The summed E-state index contributed by atoms with van der Waals surface area (Å²) in [6.07, 6.45) is 5.73. The molecule has 0 amide bonds. The maximum Gasteiger partial charge on any atom is 0.293 e. The Kier molecular flexibility index (Phi) is 4.01. The van der Waals surface area contributed by atoms with E-state index in [0.717, 1.165) is 19.5 Å². The Balaban J connectivity index is 2.18. The van der Waals surface area contributed by atoms with E-state index in [4.69, 9.17) is 0 Å². The molecule has 0 bridgehead atoms. The zero-order chi connectivity index (χ0) is 13.1. The average molecular weight is 250 g/mol. The van der Waals surface area contributed by atoms with Crippen molar-refractivity contribution in [2.45, 2.75) is 25.8 Å². The Bertz CT molecular complexity index is 457. The van der Waals surface area contributed by atoms with Gasteiger partial charge in [-0.15, -0.1) is 0 Å². The molecule has 1 aromatic rings. The molecule has 100 valence electrons. The molecular formula is C13H22N4O. The Morgan fingerprint density at radius 2 is 2.33 bits per heavy atom. The monoisotopic (exact) mass is 250 g/mol. The van der Waals surface area contributed by atoms with E-state index in [-0.39, 0.29) is 5.56 Å². The van der Waals surface area contributed by atoms with Crippen molar-refractivity contribution in [3.63, 3.8) is 0 Å². The Hall–Kier alpha value is -1.36. The van der Waals surface area contributed by atoms with Crippen molar-refractivity contribution in [2.75, 3.05) is 25.0 Å². The number of nitrogens with one attached hydrogen (secondary N) is 1. The first-order valence-electron chi connectivity index (χ1n) is 6.57. The van der Waals surface area contributed by atoms with Gasteiger partial charge in [0.15, 0.2) is 5.82 Å². The molecule has 0 radical (unpaired) electrons. The van der Waals surface area contributed by atoms with Crippen LogP contribution in [0, 0.1) is 5.92 Å². The molecule has 0 saturated carbocycles. The third-order valence-corrected chi connectivity index (χ3v) is 3.92. The number of aryl methyl sites for hydroxylation is 1. The highest BCUT2D eigenvalue weighted by molar-refractivity contribution is 5.36. The van der Waals surface area contributed by atoms with Crippen LogP contribution >= 0.6 is 0 Å². The summed E-state index contributed by atoms with van der Waals surface area (Å²) in [5.41, 5.74) is -0.00439. The van der Waals surface area contributed by atoms with Crippen molar-refractivity contribution in [1.82, 2.24) is 14.9 Å². The number of rotatable bonds is 3. The van der Waals surface area contributed by atoms with E-state index in [0.29, 0.717) is 17.8 Å². The molecule has 18 heavy (non-hydrogen) atoms. The molecule has 2 atom stereocenters. The molecule has 2 unspecified atom stereocenters. The summed E-state index contributed by atoms with van der Waals surface area (Å²) in [7, 11) is 3.76. The number of aromatic nitrogens is 2. The fourth-order valence-corrected chi connectivity index (χ4v) is 2.55. The SMILES string of the molecule is CNC(C)C1CCCN(c2nccn(C)c2=O)C1. The normalized spacial score (nSPS) is 21.9. The highest BCUT2D eigenvalue weighted by atomic mass is 16.1. The van der Waals surface area contributed by atoms with Crippen LogP contribution in [0.15, 0.2) is 17.2 Å². The second-order valence-corrected chi connectivity index (χ2v) is 5.09. The van der Waals surface area contributed by atoms with Gasteiger partial charge >= 0.3 is 0 Å². The van der Waals surface area contributed by atoms with Crippen LogP contribution in [-0.4, -0.2) is 35.7 Å². The largest absolute Gasteiger partial charge is 0.352 e. The lowest BCUT2D eigenvalue weighted by Gasteiger charge is -2.36. The Labute approximate surface area is 108 Å². The first kappa shape index (κ1) is 13.1. The molecule has 1 fully saturated rings. The van der Waals surface area contributed by atoms with Crippen molar-refractivity contribution in [1.29, 1.82) is 0 Å². The third-order valence-electron chi connectivity index (χ3n) is 3.92. The van der Waals surface area contributed by atoms with Gasteiger partial charge in [-0.25, -0.2) is 4.98 Å². The van der Waals surface area contributed by atoms with Gasteiger partial charge in [0.2, 0.25) is 0 Å². The van der Waals surface area contributed by atoms with Crippen LogP contribution in [0.4, 0.5) is 5.82 Å². The van der Waals surface area contributed by atoms with Crippen LogP contribution in [0.3, 0.4) is 0 Å². The van der Waals surface area contributed by atoms with Gasteiger partial charge in [0.25, 0.3) is 5.56 Å². The predicted octanol–water partition coefficient (Wildman–Crippen LogP) is 0.605. The van der Waals surface area contributed by atoms with Crippen molar-refractivity contribution < 1.29 is 0 Å². The number of nitrogens with zero attached hydrogens (tertiary/aromatic N) is 3. The second kappa shape index (κ2) is 5.52. The summed E-state index contributed by atoms with van der Waals surface area (Å²) < 4.78 is 1.59. The highest BCUT2D eigenvalue weighted by Crippen LogP contribution is 2.21. The van der Waals surface area contributed by atoms with Gasteiger partial charge in [0, 0.05) is 38.6 Å². The lowest BCUT2D eigenvalue weighted by atomic mass is 9.92. The molecule has 1 aromatic heterocycles. The van der Waals surface area contributed by atoms with Crippen molar-refractivity contribution >= 4 is 5.82 Å². The molecule has 1 aliphatic rings. The smallest absolute Gasteiger partial charge is 0.293 e. The molecule has 1 saturated heterocycles. The van der Waals surface area contributed by atoms with E-state index < -0.39 is 0 Å². The summed E-state index contributed by atoms with van der Waals surface area (Å²) in [5.74, 6) is 1.17. The van der Waals surface area contributed by atoms with Gasteiger partial charge in [-0.3, -0.25) is 4.79 Å². The standard InChI is InChI=1S/C13H22N4O/c1-10(14-2)11-5-4-7-17(9-11)12-13(18)16(3)8-6-15-12/h6,8,10-11,14H,4-5,7,9H2,1-3H3. The quantitative estimate of drug-likeness (QED) is 0.854. The minimum Gasteiger partial charge on any atom is -0.352 e. The third kappa shape index (κ3) is 2.56. The van der Waals surface area contributed by atoms with Crippen LogP contribution in [0.2, 0.25) is 0 Å². The molecule has 1 N–H and O–H groups in total. The van der Waals surface area contributed by atoms with Gasteiger partial charge < -0.3 is 14.8 Å². The Morgan fingerprint density at radius 3 is 3.06 bits per heavy atom. The fourth-order valence-electron chi connectivity index (χ4n) is 2.55. The molecule has 2 heterocycles. The number of piperidine rings is 1. The maximum absolute atomic E-state index is 12.1. The van der Waals surface area contributed by atoms with Gasteiger partial charge in [-0.2, -0.15) is 0 Å². The molecular weight excluding hydrogens is 228 g/mol. The van der Waals surface area contributed by atoms with Crippen molar-refractivity contribution in [3.8, 4) is 0 Å². The van der Waals surface area contributed by atoms with E-state index in [1.165, 1.54) is 6.42 Å². The lowest BCUT2D eigenvalue weighted by molar-refractivity contribution is 0.332. The summed E-state index contributed by atoms with van der Waals surface area (Å²) in [5, 5.41) is 3.30. The van der Waals surface area contributed by atoms with Crippen LogP contribution in [-0.2, 0) is 7.05 Å². The van der Waals surface area contributed by atoms with Gasteiger partial charge in [-0.05, 0) is 32.7 Å². The fraction of sp³-hybridized carbons (Fsp3) is 0.692. The van der Waals surface area contributed by atoms with Crippen LogP contribution in [0.5, 0.6) is 0 Å². The first-order valence-corrected chi connectivity index (χ1v) is 6.57. The minimum absolute atomic E-state index is 0.00439. The average Bonchev–Trinajstić information content (AvgIpc) is 2.41. The molecule has 0 spiro atoms. The first-order chi connectivity index (χ1) is 8.63. The van der Waals surface area contributed by atoms with Crippen molar-refractivity contribution in [3.05, 3.63) is 22.7 Å². The molecule has 5 heteroatoms. The number of anilines is 1. The second-order valence-electron chi connectivity index (χ2n) is 5.09. The van der Waals surface area contributed by atoms with E-state index in [1.807, 2.05) is 7.05 Å². The summed E-state index contributed by atoms with van der Waals surface area (Å²) in [6.45, 7) is 4.04. The minimum atomic E-state index is -0.00439. The summed E-state index contributed by atoms with van der Waals surface area (Å²) in [6, 6.07) is 0.473. The summed E-state index contributed by atoms with van der Waals surface area (Å²) in [4.78, 5) is 18.4. The van der Waals surface area contributed by atoms with Crippen molar-refractivity contribution in [2.24, 2.45) is 13.0 Å². The van der Waals surface area contributed by atoms with Gasteiger partial charge in [0.1, 0.15) is 0 Å². The molecule has 5 nitrogen and oxygen atoms in total. The molecule has 1 aliphatic heterocycles. The maximum atomic E-state index is 12.1. The summed E-state index contributed by atoms with van der Waals surface area (Å²) >= 11 is 0. The Morgan fingerprint density at radius 1 is 1.56 bits per heavy atom. The van der Waals surface area contributed by atoms with E-state index in [2.05, 4.69) is 22.1 Å². The van der Waals surface area contributed by atoms with Crippen LogP contribution in [0.25, 0.3) is 0 Å². The number of hydrogen-bond acceptors (Lipinski definition) is 4. The van der Waals surface area contributed by atoms with Crippen LogP contribution < -0.4 is 15.8 Å². The topological polar surface area (TPSA) is 50.2 Å². The number of hydrogen-bond donors (Lipinski definition) is 1. The zero-order valence-electron chi connectivity index (χ0n) is 11.4. The van der Waals surface area contributed by atoms with E-state index >= 15 is 0 Å².